The van der Waals surface area contributed by atoms with Gasteiger partial charge in [0, 0.05) is 30.9 Å². The summed E-state index contributed by atoms with van der Waals surface area (Å²) in [6, 6.07) is 3.36. The molecule has 4 rings (SSSR count). The van der Waals surface area contributed by atoms with Gasteiger partial charge in [-0.15, -0.1) is 11.3 Å². The highest BCUT2D eigenvalue weighted by Gasteiger charge is 2.47. The second kappa shape index (κ2) is 5.49. The van der Waals surface area contributed by atoms with Gasteiger partial charge in [-0.05, 0) is 19.1 Å². The van der Waals surface area contributed by atoms with Crippen LogP contribution in [0, 0.1) is 18.8 Å². The normalized spacial score (nSPS) is 23.6. The van der Waals surface area contributed by atoms with Gasteiger partial charge in [0.1, 0.15) is 0 Å². The van der Waals surface area contributed by atoms with E-state index in [1.165, 1.54) is 6.26 Å². The van der Waals surface area contributed by atoms with Crippen molar-refractivity contribution in [3.8, 4) is 0 Å². The third-order valence-corrected chi connectivity index (χ3v) is 5.39. The molecular weight excluding hydrogens is 314 g/mol. The minimum Gasteiger partial charge on any atom is -0.459 e. The van der Waals surface area contributed by atoms with E-state index in [0.29, 0.717) is 31.9 Å². The molecule has 23 heavy (non-hydrogen) atoms. The lowest BCUT2D eigenvalue weighted by molar-refractivity contribution is -0.131. The van der Waals surface area contributed by atoms with Crippen molar-refractivity contribution in [1.82, 2.24) is 14.8 Å². The lowest BCUT2D eigenvalue weighted by atomic mass is 10.0. The average Bonchev–Trinajstić information content (AvgIpc) is 3.28. The van der Waals surface area contributed by atoms with Crippen molar-refractivity contribution in [1.29, 1.82) is 0 Å². The molecule has 7 heteroatoms. The molecule has 0 spiro atoms. The van der Waals surface area contributed by atoms with E-state index in [9.17, 15) is 9.59 Å². The fraction of sp³-hybridized carbons (Fsp3) is 0.438. The summed E-state index contributed by atoms with van der Waals surface area (Å²) in [4.78, 5) is 32.9. The first-order chi connectivity index (χ1) is 11.1. The molecule has 2 aliphatic rings. The van der Waals surface area contributed by atoms with Gasteiger partial charge in [-0.3, -0.25) is 9.59 Å². The highest BCUT2D eigenvalue weighted by molar-refractivity contribution is 7.09. The van der Waals surface area contributed by atoms with E-state index in [0.717, 1.165) is 10.7 Å². The van der Waals surface area contributed by atoms with Gasteiger partial charge in [0.15, 0.2) is 5.76 Å². The largest absolute Gasteiger partial charge is 0.459 e. The number of fused-ring (bicyclic) bond motifs is 1. The molecule has 2 saturated heterocycles. The number of likely N-dealkylation sites (tertiary alicyclic amines) is 2. The molecule has 0 aliphatic carbocycles. The smallest absolute Gasteiger partial charge is 0.289 e. The summed E-state index contributed by atoms with van der Waals surface area (Å²) in [5.74, 6) is 0.469. The molecule has 4 heterocycles. The zero-order chi connectivity index (χ0) is 16.0. The van der Waals surface area contributed by atoms with Crippen LogP contribution in [0.2, 0.25) is 0 Å². The van der Waals surface area contributed by atoms with E-state index in [1.54, 1.807) is 28.4 Å². The van der Waals surface area contributed by atoms with Gasteiger partial charge in [0.2, 0.25) is 5.91 Å². The van der Waals surface area contributed by atoms with Gasteiger partial charge < -0.3 is 14.2 Å². The van der Waals surface area contributed by atoms with Crippen molar-refractivity contribution < 1.29 is 14.0 Å². The fourth-order valence-electron chi connectivity index (χ4n) is 3.48. The Hall–Kier alpha value is -2.15. The molecule has 2 aromatic heterocycles. The zero-order valence-electron chi connectivity index (χ0n) is 12.8. The van der Waals surface area contributed by atoms with Crippen LogP contribution >= 0.6 is 11.3 Å². The molecule has 0 bridgehead atoms. The van der Waals surface area contributed by atoms with Gasteiger partial charge in [0.25, 0.3) is 5.91 Å². The number of rotatable bonds is 3. The van der Waals surface area contributed by atoms with E-state index in [2.05, 4.69) is 4.98 Å². The number of carbonyl (C=O) groups excluding carboxylic acids is 2. The third-order valence-electron chi connectivity index (χ3n) is 4.56. The van der Waals surface area contributed by atoms with Crippen LogP contribution in [-0.4, -0.2) is 46.2 Å². The molecule has 2 amide bonds. The number of hydrogen-bond acceptors (Lipinski definition) is 5. The summed E-state index contributed by atoms with van der Waals surface area (Å²) in [7, 11) is 0. The van der Waals surface area contributed by atoms with Gasteiger partial charge in [-0.1, -0.05) is 0 Å². The molecular formula is C16H17N3O3S. The van der Waals surface area contributed by atoms with E-state index >= 15 is 0 Å². The number of furan rings is 1. The minimum absolute atomic E-state index is 0.0892. The van der Waals surface area contributed by atoms with Crippen molar-refractivity contribution in [3.63, 3.8) is 0 Å². The Morgan fingerprint density at radius 1 is 1.43 bits per heavy atom. The van der Waals surface area contributed by atoms with Crippen LogP contribution in [0.3, 0.4) is 0 Å². The summed E-state index contributed by atoms with van der Waals surface area (Å²) in [5.41, 5.74) is 0.948. The summed E-state index contributed by atoms with van der Waals surface area (Å²) >= 11 is 1.60. The molecule has 0 radical (unpaired) electrons. The SMILES string of the molecule is Cc1nc(CN2C[C@@H]3CN(C(=O)c4ccco4)C[C@@H]3C2=O)cs1. The summed E-state index contributed by atoms with van der Waals surface area (Å²) in [5, 5.41) is 3.02. The Labute approximate surface area is 137 Å². The quantitative estimate of drug-likeness (QED) is 0.860. The van der Waals surface area contributed by atoms with Crippen LogP contribution in [-0.2, 0) is 11.3 Å². The fourth-order valence-corrected chi connectivity index (χ4v) is 4.09. The maximum absolute atomic E-state index is 12.6. The van der Waals surface area contributed by atoms with Crippen LogP contribution in [0.25, 0.3) is 0 Å². The molecule has 2 fully saturated rings. The van der Waals surface area contributed by atoms with Gasteiger partial charge in [-0.2, -0.15) is 0 Å². The van der Waals surface area contributed by atoms with E-state index in [-0.39, 0.29) is 23.7 Å². The molecule has 2 aliphatic heterocycles. The van der Waals surface area contributed by atoms with Gasteiger partial charge in [0.05, 0.1) is 29.4 Å². The predicted molar refractivity (Wildman–Crippen MR) is 83.9 cm³/mol. The highest BCUT2D eigenvalue weighted by atomic mass is 32.1. The predicted octanol–water partition coefficient (Wildman–Crippen LogP) is 1.78. The molecule has 0 N–H and O–H groups in total. The molecule has 2 atom stereocenters. The Morgan fingerprint density at radius 3 is 2.96 bits per heavy atom. The van der Waals surface area contributed by atoms with Gasteiger partial charge >= 0.3 is 0 Å². The summed E-state index contributed by atoms with van der Waals surface area (Å²) in [6.07, 6.45) is 1.49. The molecule has 0 unspecified atom stereocenters. The van der Waals surface area contributed by atoms with Gasteiger partial charge in [-0.25, -0.2) is 4.98 Å². The van der Waals surface area contributed by atoms with Crippen LogP contribution in [0.4, 0.5) is 0 Å². The Balaban J connectivity index is 1.42. The number of hydrogen-bond donors (Lipinski definition) is 0. The number of amides is 2. The number of thiazole rings is 1. The standard InChI is InChI=1S/C16H17N3O3S/c1-10-17-12(9-23-10)7-18-5-11-6-19(8-13(11)15(18)20)16(21)14-3-2-4-22-14/h2-4,9,11,13H,5-8H2,1H3/t11-,13+/m1/s1. The highest BCUT2D eigenvalue weighted by Crippen LogP contribution is 2.33. The molecule has 0 saturated carbocycles. The Morgan fingerprint density at radius 2 is 2.30 bits per heavy atom. The number of aryl methyl sites for hydroxylation is 1. The van der Waals surface area contributed by atoms with E-state index in [4.69, 9.17) is 4.42 Å². The van der Waals surface area contributed by atoms with Crippen molar-refractivity contribution >= 4 is 23.2 Å². The molecule has 2 aromatic rings. The number of carbonyl (C=O) groups is 2. The molecule has 0 aromatic carbocycles. The monoisotopic (exact) mass is 331 g/mol. The number of aromatic nitrogens is 1. The van der Waals surface area contributed by atoms with Crippen LogP contribution in [0.5, 0.6) is 0 Å². The van der Waals surface area contributed by atoms with Crippen molar-refractivity contribution in [2.75, 3.05) is 19.6 Å². The van der Waals surface area contributed by atoms with Crippen LogP contribution in [0.15, 0.2) is 28.2 Å². The summed E-state index contributed by atoms with van der Waals surface area (Å²) in [6.45, 7) is 4.33. The van der Waals surface area contributed by atoms with Crippen molar-refractivity contribution in [2.45, 2.75) is 13.5 Å². The average molecular weight is 331 g/mol. The second-order valence-corrected chi connectivity index (χ2v) is 7.19. The first-order valence-corrected chi connectivity index (χ1v) is 8.52. The Kier molecular flexibility index (Phi) is 3.45. The van der Waals surface area contributed by atoms with Crippen molar-refractivity contribution in [2.24, 2.45) is 11.8 Å². The Bertz CT molecular complexity index is 740. The first kappa shape index (κ1) is 14.4. The maximum Gasteiger partial charge on any atom is 0.289 e. The van der Waals surface area contributed by atoms with E-state index in [1.807, 2.05) is 17.2 Å². The van der Waals surface area contributed by atoms with Crippen LogP contribution < -0.4 is 0 Å². The minimum atomic E-state index is -0.126. The van der Waals surface area contributed by atoms with E-state index < -0.39 is 0 Å². The third kappa shape index (κ3) is 2.55. The van der Waals surface area contributed by atoms with Crippen LogP contribution in [0.1, 0.15) is 21.3 Å². The maximum atomic E-state index is 12.6. The molecule has 6 nitrogen and oxygen atoms in total. The first-order valence-electron chi connectivity index (χ1n) is 7.64. The zero-order valence-corrected chi connectivity index (χ0v) is 13.6. The summed E-state index contributed by atoms with van der Waals surface area (Å²) < 4.78 is 5.17. The van der Waals surface area contributed by atoms with Crippen molar-refractivity contribution in [3.05, 3.63) is 40.2 Å². The lowest BCUT2D eigenvalue weighted by Gasteiger charge is -2.20. The molecule has 120 valence electrons. The number of nitrogens with zero attached hydrogens (tertiary/aromatic N) is 3. The topological polar surface area (TPSA) is 66.7 Å². The second-order valence-electron chi connectivity index (χ2n) is 6.13. The lowest BCUT2D eigenvalue weighted by Crippen LogP contribution is -2.35.